The van der Waals surface area contributed by atoms with Crippen molar-refractivity contribution >= 4 is 0 Å². The number of nitrogens with one attached hydrogen (secondary N) is 1. The average molecular weight is 269 g/mol. The Morgan fingerprint density at radius 2 is 2.16 bits per heavy atom. The van der Waals surface area contributed by atoms with Crippen molar-refractivity contribution < 1.29 is 18.6 Å². The molecule has 0 amide bonds. The highest BCUT2D eigenvalue weighted by Crippen LogP contribution is 2.29. The first kappa shape index (κ1) is 14.2. The molecule has 1 aliphatic heterocycles. The molecule has 106 valence electrons. The van der Waals surface area contributed by atoms with Crippen LogP contribution < -0.4 is 10.1 Å². The summed E-state index contributed by atoms with van der Waals surface area (Å²) in [5, 5.41) is 3.26. The Morgan fingerprint density at radius 1 is 1.42 bits per heavy atom. The summed E-state index contributed by atoms with van der Waals surface area (Å²) in [5.74, 6) is -0.0670. The molecule has 1 fully saturated rings. The molecule has 1 saturated heterocycles. The van der Waals surface area contributed by atoms with Crippen LogP contribution in [0.2, 0.25) is 0 Å². The zero-order valence-corrected chi connectivity index (χ0v) is 11.3. The summed E-state index contributed by atoms with van der Waals surface area (Å²) < 4.78 is 30.2. The minimum atomic E-state index is -0.325. The van der Waals surface area contributed by atoms with E-state index in [9.17, 15) is 4.39 Å². The van der Waals surface area contributed by atoms with Crippen LogP contribution in [0, 0.1) is 5.82 Å². The topological polar surface area (TPSA) is 39.7 Å². The second-order valence-electron chi connectivity index (χ2n) is 4.38. The van der Waals surface area contributed by atoms with Gasteiger partial charge in [0.25, 0.3) is 0 Å². The van der Waals surface area contributed by atoms with Gasteiger partial charge in [-0.25, -0.2) is 4.39 Å². The van der Waals surface area contributed by atoms with Crippen LogP contribution in [0.25, 0.3) is 0 Å². The van der Waals surface area contributed by atoms with Crippen molar-refractivity contribution in [3.63, 3.8) is 0 Å². The first-order chi connectivity index (χ1) is 9.26. The van der Waals surface area contributed by atoms with E-state index in [1.807, 2.05) is 6.92 Å². The summed E-state index contributed by atoms with van der Waals surface area (Å²) in [5.41, 5.74) is 0.584. The van der Waals surface area contributed by atoms with Crippen LogP contribution in [-0.2, 0) is 9.47 Å². The van der Waals surface area contributed by atoms with Crippen molar-refractivity contribution in [2.75, 3.05) is 26.9 Å². The van der Waals surface area contributed by atoms with Gasteiger partial charge in [0.05, 0.1) is 20.3 Å². The number of hydrogen-bond acceptors (Lipinski definition) is 4. The van der Waals surface area contributed by atoms with Crippen molar-refractivity contribution in [1.82, 2.24) is 5.32 Å². The Morgan fingerprint density at radius 3 is 2.79 bits per heavy atom. The second kappa shape index (κ2) is 6.84. The minimum Gasteiger partial charge on any atom is -0.494 e. The Labute approximate surface area is 112 Å². The summed E-state index contributed by atoms with van der Waals surface area (Å²) in [7, 11) is 1.47. The molecule has 1 heterocycles. The van der Waals surface area contributed by atoms with Crippen LogP contribution in [0.4, 0.5) is 4.39 Å². The maximum absolute atomic E-state index is 14.3. The summed E-state index contributed by atoms with van der Waals surface area (Å²) in [6, 6.07) is 5.02. The summed E-state index contributed by atoms with van der Waals surface area (Å²) >= 11 is 0. The van der Waals surface area contributed by atoms with Crippen LogP contribution in [0.3, 0.4) is 0 Å². The van der Waals surface area contributed by atoms with Gasteiger partial charge in [0.2, 0.25) is 0 Å². The van der Waals surface area contributed by atoms with Gasteiger partial charge in [-0.3, -0.25) is 0 Å². The zero-order chi connectivity index (χ0) is 13.7. The smallest absolute Gasteiger partial charge is 0.169 e. The van der Waals surface area contributed by atoms with Gasteiger partial charge in [-0.15, -0.1) is 0 Å². The van der Waals surface area contributed by atoms with E-state index in [0.717, 1.165) is 6.54 Å². The largest absolute Gasteiger partial charge is 0.494 e. The Hall–Kier alpha value is -1.17. The molecule has 1 atom stereocenters. The fourth-order valence-electron chi connectivity index (χ4n) is 2.26. The molecular weight excluding hydrogens is 249 g/mol. The fraction of sp³-hybridized carbons (Fsp3) is 0.571. The van der Waals surface area contributed by atoms with Crippen LogP contribution in [0.1, 0.15) is 24.9 Å². The van der Waals surface area contributed by atoms with Crippen molar-refractivity contribution in [1.29, 1.82) is 0 Å². The van der Waals surface area contributed by atoms with Crippen LogP contribution in [0.15, 0.2) is 18.2 Å². The second-order valence-corrected chi connectivity index (χ2v) is 4.38. The summed E-state index contributed by atoms with van der Waals surface area (Å²) in [4.78, 5) is 0. The third kappa shape index (κ3) is 3.43. The number of benzene rings is 1. The Kier molecular flexibility index (Phi) is 5.13. The van der Waals surface area contributed by atoms with Crippen LogP contribution in [-0.4, -0.2) is 33.2 Å². The molecule has 5 heteroatoms. The maximum Gasteiger partial charge on any atom is 0.169 e. The molecule has 1 aromatic carbocycles. The normalized spacial score (nSPS) is 17.6. The van der Waals surface area contributed by atoms with Gasteiger partial charge in [-0.2, -0.15) is 0 Å². The number of halogens is 1. The van der Waals surface area contributed by atoms with Gasteiger partial charge in [0, 0.05) is 18.0 Å². The van der Waals surface area contributed by atoms with Crippen LogP contribution >= 0.6 is 0 Å². The van der Waals surface area contributed by atoms with E-state index in [4.69, 9.17) is 14.2 Å². The maximum atomic E-state index is 14.3. The lowest BCUT2D eigenvalue weighted by Crippen LogP contribution is -2.26. The molecule has 0 aromatic heterocycles. The Balaban J connectivity index is 2.17. The highest BCUT2D eigenvalue weighted by Gasteiger charge is 2.25. The van der Waals surface area contributed by atoms with Gasteiger partial charge in [0.1, 0.15) is 0 Å². The highest BCUT2D eigenvalue weighted by molar-refractivity contribution is 5.33. The minimum absolute atomic E-state index is 0.150. The van der Waals surface area contributed by atoms with Gasteiger partial charge < -0.3 is 19.5 Å². The quantitative estimate of drug-likeness (QED) is 0.860. The van der Waals surface area contributed by atoms with Crippen LogP contribution in [0.5, 0.6) is 5.75 Å². The monoisotopic (exact) mass is 269 g/mol. The molecule has 1 unspecified atom stereocenters. The van der Waals surface area contributed by atoms with Crippen molar-refractivity contribution in [2.45, 2.75) is 25.7 Å². The van der Waals surface area contributed by atoms with E-state index in [0.29, 0.717) is 25.2 Å². The number of ether oxygens (including phenoxy) is 3. The third-order valence-corrected chi connectivity index (χ3v) is 3.16. The summed E-state index contributed by atoms with van der Waals surface area (Å²) in [6.07, 6.45) is 0.312. The third-order valence-electron chi connectivity index (χ3n) is 3.16. The molecule has 0 aliphatic carbocycles. The molecule has 1 N–H and O–H groups in total. The number of rotatable bonds is 6. The molecule has 0 radical (unpaired) electrons. The molecule has 2 rings (SSSR count). The standard InChI is InChI=1S/C14H20FNO3/c1-3-16-11(9-13-18-7-8-19-13)10-5-4-6-12(17-2)14(10)15/h4-6,11,13,16H,3,7-9H2,1-2H3. The SMILES string of the molecule is CCNC(CC1OCCO1)c1cccc(OC)c1F. The number of methoxy groups -OCH3 is 1. The molecule has 0 spiro atoms. The first-order valence-corrected chi connectivity index (χ1v) is 6.55. The lowest BCUT2D eigenvalue weighted by molar-refractivity contribution is -0.0531. The average Bonchev–Trinajstić information content (AvgIpc) is 2.91. The molecule has 4 nitrogen and oxygen atoms in total. The predicted molar refractivity (Wildman–Crippen MR) is 69.7 cm³/mol. The van der Waals surface area contributed by atoms with E-state index in [1.165, 1.54) is 7.11 Å². The molecule has 0 saturated carbocycles. The highest BCUT2D eigenvalue weighted by atomic mass is 19.1. The summed E-state index contributed by atoms with van der Waals surface area (Å²) in [6.45, 7) is 3.93. The molecule has 1 aliphatic rings. The van der Waals surface area contributed by atoms with Gasteiger partial charge in [0.15, 0.2) is 17.9 Å². The van der Waals surface area contributed by atoms with Gasteiger partial charge in [-0.05, 0) is 12.6 Å². The molecule has 19 heavy (non-hydrogen) atoms. The lowest BCUT2D eigenvalue weighted by atomic mass is 10.0. The molecule has 1 aromatic rings. The molecular formula is C14H20FNO3. The van der Waals surface area contributed by atoms with Gasteiger partial charge >= 0.3 is 0 Å². The van der Waals surface area contributed by atoms with Crippen molar-refractivity contribution in [3.8, 4) is 5.75 Å². The van der Waals surface area contributed by atoms with Crippen molar-refractivity contribution in [3.05, 3.63) is 29.6 Å². The van der Waals surface area contributed by atoms with E-state index in [2.05, 4.69) is 5.32 Å². The molecule has 0 bridgehead atoms. The van der Waals surface area contributed by atoms with Crippen molar-refractivity contribution in [2.24, 2.45) is 0 Å². The van der Waals surface area contributed by atoms with E-state index >= 15 is 0 Å². The fourth-order valence-corrected chi connectivity index (χ4v) is 2.26. The van der Waals surface area contributed by atoms with E-state index in [-0.39, 0.29) is 23.9 Å². The Bertz CT molecular complexity index is 408. The number of hydrogen-bond donors (Lipinski definition) is 1. The van der Waals surface area contributed by atoms with E-state index in [1.54, 1.807) is 18.2 Å². The van der Waals surface area contributed by atoms with E-state index < -0.39 is 0 Å². The lowest BCUT2D eigenvalue weighted by Gasteiger charge is -2.22. The zero-order valence-electron chi connectivity index (χ0n) is 11.3. The van der Waals surface area contributed by atoms with Gasteiger partial charge in [-0.1, -0.05) is 19.1 Å². The predicted octanol–water partition coefficient (Wildman–Crippen LogP) is 2.25. The first-order valence-electron chi connectivity index (χ1n) is 6.55.